The van der Waals surface area contributed by atoms with Crippen LogP contribution in [0.5, 0.6) is 0 Å². The molecule has 0 fully saturated rings. The summed E-state index contributed by atoms with van der Waals surface area (Å²) < 4.78 is 5.14. The van der Waals surface area contributed by atoms with Crippen molar-refractivity contribution in [1.82, 2.24) is 0 Å². The predicted molar refractivity (Wildman–Crippen MR) is 113 cm³/mol. The first-order chi connectivity index (χ1) is 12.4. The molecule has 0 aliphatic heterocycles. The van der Waals surface area contributed by atoms with Crippen LogP contribution in [0.15, 0.2) is 45.6 Å². The molecule has 0 heterocycles. The zero-order valence-corrected chi connectivity index (χ0v) is 17.8. The fraction of sp³-hybridized carbons (Fsp3) is 0.524. The van der Waals surface area contributed by atoms with Gasteiger partial charge in [-0.25, -0.2) is 0 Å². The number of carbonyl (C=O) groups excluding carboxylic acids is 2. The Morgan fingerprint density at radius 1 is 1.23 bits per heavy atom. The lowest BCUT2D eigenvalue weighted by atomic mass is 9.92. The lowest BCUT2D eigenvalue weighted by Gasteiger charge is -2.20. The van der Waals surface area contributed by atoms with Crippen molar-refractivity contribution < 1.29 is 19.4 Å². The second kappa shape index (κ2) is 12.2. The topological polar surface area (TPSA) is 63.6 Å². The normalized spacial score (nSPS) is 21.9. The van der Waals surface area contributed by atoms with Gasteiger partial charge in [0.15, 0.2) is 5.78 Å². The first kappa shape index (κ1) is 22.8. The van der Waals surface area contributed by atoms with Crippen LogP contribution < -0.4 is 0 Å². The number of allylic oxidation sites excluding steroid dienone is 5. The van der Waals surface area contributed by atoms with E-state index in [0.717, 1.165) is 12.8 Å². The summed E-state index contributed by atoms with van der Waals surface area (Å²) in [6.07, 6.45) is 17.8. The molecule has 0 radical (unpaired) electrons. The van der Waals surface area contributed by atoms with Gasteiger partial charge in [-0.3, -0.25) is 9.59 Å². The van der Waals surface area contributed by atoms with E-state index < -0.39 is 5.60 Å². The molecule has 1 aliphatic carbocycles. The molecular formula is C21H29IO4. The highest BCUT2D eigenvalue weighted by Gasteiger charge is 2.39. The minimum atomic E-state index is -1.23. The summed E-state index contributed by atoms with van der Waals surface area (Å²) in [6.45, 7) is 2.17. The highest BCUT2D eigenvalue weighted by atomic mass is 127. The summed E-state index contributed by atoms with van der Waals surface area (Å²) in [5.74, 6) is -0.340. The lowest BCUT2D eigenvalue weighted by Crippen LogP contribution is -2.27. The Balaban J connectivity index is 2.62. The van der Waals surface area contributed by atoms with Crippen LogP contribution in [0.3, 0.4) is 0 Å². The molecule has 0 bridgehead atoms. The zero-order valence-electron chi connectivity index (χ0n) is 15.7. The summed E-state index contributed by atoms with van der Waals surface area (Å²) in [5, 5.41) is 10.9. The van der Waals surface area contributed by atoms with E-state index in [1.165, 1.54) is 20.0 Å². The molecule has 0 aromatic rings. The molecule has 0 aromatic heterocycles. The van der Waals surface area contributed by atoms with Gasteiger partial charge >= 0.3 is 5.97 Å². The number of carbonyl (C=O) groups is 2. The molecule has 1 rings (SSSR count). The van der Waals surface area contributed by atoms with E-state index in [9.17, 15) is 14.7 Å². The molecule has 0 aromatic carbocycles. The van der Waals surface area contributed by atoms with E-state index in [1.807, 2.05) is 34.7 Å². The average Bonchev–Trinajstić information content (AvgIpc) is 2.83. The second-order valence-electron chi connectivity index (χ2n) is 6.39. The summed E-state index contributed by atoms with van der Waals surface area (Å²) in [4.78, 5) is 23.4. The van der Waals surface area contributed by atoms with Crippen LogP contribution in [0, 0.1) is 0 Å². The third kappa shape index (κ3) is 7.58. The van der Waals surface area contributed by atoms with Gasteiger partial charge in [-0.15, -0.1) is 0 Å². The van der Waals surface area contributed by atoms with Crippen LogP contribution in [0.1, 0.15) is 58.3 Å². The van der Waals surface area contributed by atoms with Crippen molar-refractivity contribution >= 4 is 34.3 Å². The van der Waals surface area contributed by atoms with E-state index in [2.05, 4.69) is 17.7 Å². The quantitative estimate of drug-likeness (QED) is 0.152. The molecule has 5 heteroatoms. The van der Waals surface area contributed by atoms with Crippen molar-refractivity contribution in [2.75, 3.05) is 7.11 Å². The van der Waals surface area contributed by atoms with E-state index >= 15 is 0 Å². The van der Waals surface area contributed by atoms with E-state index in [-0.39, 0.29) is 11.8 Å². The third-order valence-corrected chi connectivity index (χ3v) is 5.04. The number of hydrogen-bond acceptors (Lipinski definition) is 4. The Kier molecular flexibility index (Phi) is 10.7. The molecule has 1 aliphatic rings. The summed E-state index contributed by atoms with van der Waals surface area (Å²) in [7, 11) is 1.38. The molecule has 0 saturated heterocycles. The molecule has 0 amide bonds. The standard InChI is InChI=1S/C21H29IO4/c1-3-4-5-6-9-12-15-21(25)16-18(22)20(24)17(21)13-10-7-8-11-14-19(23)26-2/h7,9-10,12-13,16,25H,3-6,8,11,14-15H2,1-2H3/b10-7+,12-9-,17-13-. The van der Waals surface area contributed by atoms with Gasteiger partial charge in [-0.1, -0.05) is 50.1 Å². The molecule has 1 N–H and O–H groups in total. The smallest absolute Gasteiger partial charge is 0.305 e. The second-order valence-corrected chi connectivity index (χ2v) is 7.56. The predicted octanol–water partition coefficient (Wildman–Crippen LogP) is 4.97. The number of halogens is 1. The number of Topliss-reactive ketones (excluding diaryl/α,β-unsaturated/α-hetero) is 1. The Hall–Kier alpha value is -1.21. The monoisotopic (exact) mass is 472 g/mol. The van der Waals surface area contributed by atoms with Crippen LogP contribution >= 0.6 is 22.6 Å². The lowest BCUT2D eigenvalue weighted by molar-refractivity contribution is -0.140. The van der Waals surface area contributed by atoms with Gasteiger partial charge in [0.1, 0.15) is 5.60 Å². The van der Waals surface area contributed by atoms with Crippen LogP contribution in [-0.2, 0) is 14.3 Å². The van der Waals surface area contributed by atoms with E-state index in [0.29, 0.717) is 34.8 Å². The number of ether oxygens (including phenoxy) is 1. The van der Waals surface area contributed by atoms with Gasteiger partial charge < -0.3 is 9.84 Å². The minimum absolute atomic E-state index is 0.119. The average molecular weight is 472 g/mol. The van der Waals surface area contributed by atoms with Crippen molar-refractivity contribution in [2.45, 2.75) is 63.9 Å². The van der Waals surface area contributed by atoms with Crippen molar-refractivity contribution in [3.05, 3.63) is 45.6 Å². The van der Waals surface area contributed by atoms with Crippen molar-refractivity contribution in [2.24, 2.45) is 0 Å². The van der Waals surface area contributed by atoms with Crippen molar-refractivity contribution in [3.63, 3.8) is 0 Å². The summed E-state index contributed by atoms with van der Waals surface area (Å²) in [5.41, 5.74) is -0.824. The minimum Gasteiger partial charge on any atom is -0.469 e. The van der Waals surface area contributed by atoms with Gasteiger partial charge in [-0.2, -0.15) is 0 Å². The largest absolute Gasteiger partial charge is 0.469 e. The first-order valence-electron chi connectivity index (χ1n) is 9.19. The van der Waals surface area contributed by atoms with Gasteiger partial charge in [-0.05, 0) is 54.4 Å². The van der Waals surface area contributed by atoms with E-state index in [4.69, 9.17) is 0 Å². The number of aliphatic hydroxyl groups is 1. The highest BCUT2D eigenvalue weighted by Crippen LogP contribution is 2.36. The van der Waals surface area contributed by atoms with Crippen LogP contribution in [0.2, 0.25) is 0 Å². The highest BCUT2D eigenvalue weighted by molar-refractivity contribution is 14.1. The number of ketones is 1. The number of hydrogen-bond donors (Lipinski definition) is 1. The van der Waals surface area contributed by atoms with Crippen LogP contribution in [0.25, 0.3) is 0 Å². The summed E-state index contributed by atoms with van der Waals surface area (Å²) >= 11 is 1.97. The SMILES string of the molecule is CCCCC/C=C\CC1(O)C=C(I)C(=O)/C1=C/C=C/CCCC(=O)OC. The molecule has 4 nitrogen and oxygen atoms in total. The fourth-order valence-corrected chi connectivity index (χ4v) is 3.49. The number of esters is 1. The van der Waals surface area contributed by atoms with E-state index in [1.54, 1.807) is 18.2 Å². The fourth-order valence-electron chi connectivity index (χ4n) is 2.69. The van der Waals surface area contributed by atoms with Gasteiger partial charge in [0.05, 0.1) is 10.7 Å². The number of rotatable bonds is 11. The number of unbranched alkanes of at least 4 members (excludes halogenated alkanes) is 4. The Morgan fingerprint density at radius 3 is 2.65 bits per heavy atom. The Labute approximate surface area is 170 Å². The summed E-state index contributed by atoms with van der Waals surface area (Å²) in [6, 6.07) is 0. The Morgan fingerprint density at radius 2 is 1.96 bits per heavy atom. The number of methoxy groups -OCH3 is 1. The van der Waals surface area contributed by atoms with Crippen molar-refractivity contribution in [1.29, 1.82) is 0 Å². The molecule has 0 saturated carbocycles. The molecule has 26 heavy (non-hydrogen) atoms. The zero-order chi connectivity index (χ0) is 19.4. The Bertz CT molecular complexity index is 601. The molecule has 0 spiro atoms. The van der Waals surface area contributed by atoms with Crippen LogP contribution in [-0.4, -0.2) is 29.6 Å². The van der Waals surface area contributed by atoms with Crippen LogP contribution in [0.4, 0.5) is 0 Å². The molecule has 144 valence electrons. The van der Waals surface area contributed by atoms with Gasteiger partial charge in [0.2, 0.25) is 0 Å². The molecule has 1 unspecified atom stereocenters. The first-order valence-corrected chi connectivity index (χ1v) is 10.3. The molecule has 1 atom stereocenters. The van der Waals surface area contributed by atoms with Gasteiger partial charge in [0.25, 0.3) is 0 Å². The molecular weight excluding hydrogens is 443 g/mol. The third-order valence-electron chi connectivity index (χ3n) is 4.24. The van der Waals surface area contributed by atoms with Crippen molar-refractivity contribution in [3.8, 4) is 0 Å². The maximum Gasteiger partial charge on any atom is 0.305 e. The maximum absolute atomic E-state index is 12.3. The van der Waals surface area contributed by atoms with Gasteiger partial charge in [0, 0.05) is 18.4 Å². The maximum atomic E-state index is 12.3.